The number of ether oxygens (including phenoxy) is 1. The maximum atomic E-state index is 14.1. The summed E-state index contributed by atoms with van der Waals surface area (Å²) in [5.41, 5.74) is 0.0729. The smallest absolute Gasteiger partial charge is 0.407 e. The first-order valence-electron chi connectivity index (χ1n) is 6.70. The first-order valence-corrected chi connectivity index (χ1v) is 6.70. The maximum Gasteiger partial charge on any atom is 0.407 e. The number of alkyl halides is 1. The molecule has 0 saturated carbocycles. The minimum absolute atomic E-state index is 0.187. The van der Waals surface area contributed by atoms with Crippen LogP contribution in [0.3, 0.4) is 0 Å². The van der Waals surface area contributed by atoms with Crippen LogP contribution < -0.4 is 0 Å². The molecule has 0 unspecified atom stereocenters. The normalized spacial score (nSPS) is 25.5. The summed E-state index contributed by atoms with van der Waals surface area (Å²) in [5, 5.41) is 23.8. The number of hydrogen-bond donors (Lipinski definition) is 1. The lowest BCUT2D eigenvalue weighted by Crippen LogP contribution is -2.43. The minimum Gasteiger partial charge on any atom is -0.465 e. The SMILES string of the molecule is CN(C(=O)O)[C@@H]1CC[C@@H](c2c([N+](=O)[O-])cnn2C)OC[C@H]1F. The molecule has 2 rings (SSSR count). The lowest BCUT2D eigenvalue weighted by atomic mass is 10.0. The molecule has 0 bridgehead atoms. The monoisotopic (exact) mass is 316 g/mol. The predicted octanol–water partition coefficient (Wildman–Crippen LogP) is 1.50. The van der Waals surface area contributed by atoms with E-state index < -0.39 is 29.3 Å². The number of aryl methyl sites for hydroxylation is 1. The molecule has 0 radical (unpaired) electrons. The second-order valence-corrected chi connectivity index (χ2v) is 5.17. The molecule has 0 aliphatic carbocycles. The van der Waals surface area contributed by atoms with Gasteiger partial charge in [0.2, 0.25) is 0 Å². The number of nitro groups is 1. The Hall–Kier alpha value is -2.23. The van der Waals surface area contributed by atoms with Gasteiger partial charge < -0.3 is 14.7 Å². The van der Waals surface area contributed by atoms with Crippen LogP contribution in [0.5, 0.6) is 0 Å². The van der Waals surface area contributed by atoms with Gasteiger partial charge in [0, 0.05) is 14.1 Å². The Morgan fingerprint density at radius 3 is 2.91 bits per heavy atom. The molecule has 1 aliphatic rings. The fourth-order valence-electron chi connectivity index (χ4n) is 2.65. The molecule has 1 aromatic rings. The van der Waals surface area contributed by atoms with E-state index in [2.05, 4.69) is 5.10 Å². The topological polar surface area (TPSA) is 111 Å². The fraction of sp³-hybridized carbons (Fsp3) is 0.667. The molecule has 1 fully saturated rings. The van der Waals surface area contributed by atoms with Crippen LogP contribution in [-0.2, 0) is 11.8 Å². The summed E-state index contributed by atoms with van der Waals surface area (Å²) in [4.78, 5) is 22.4. The third kappa shape index (κ3) is 3.01. The van der Waals surface area contributed by atoms with E-state index in [0.29, 0.717) is 0 Å². The second-order valence-electron chi connectivity index (χ2n) is 5.17. The average molecular weight is 316 g/mol. The van der Waals surface area contributed by atoms with Gasteiger partial charge in [-0.2, -0.15) is 5.10 Å². The van der Waals surface area contributed by atoms with Gasteiger partial charge in [0.05, 0.1) is 17.6 Å². The maximum absolute atomic E-state index is 14.1. The zero-order valence-electron chi connectivity index (χ0n) is 12.2. The second kappa shape index (κ2) is 6.26. The van der Waals surface area contributed by atoms with Crippen LogP contribution >= 0.6 is 0 Å². The summed E-state index contributed by atoms with van der Waals surface area (Å²) in [6.45, 7) is -0.324. The van der Waals surface area contributed by atoms with Crippen molar-refractivity contribution in [3.8, 4) is 0 Å². The molecule has 0 spiro atoms. The first kappa shape index (κ1) is 16.1. The molecule has 1 amide bonds. The third-order valence-electron chi connectivity index (χ3n) is 3.86. The molecular formula is C12H17FN4O5. The number of rotatable bonds is 3. The zero-order valence-corrected chi connectivity index (χ0v) is 12.2. The van der Waals surface area contributed by atoms with Crippen LogP contribution in [0.1, 0.15) is 24.6 Å². The summed E-state index contributed by atoms with van der Waals surface area (Å²) >= 11 is 0. The van der Waals surface area contributed by atoms with E-state index in [-0.39, 0.29) is 30.8 Å². The van der Waals surface area contributed by atoms with Crippen molar-refractivity contribution in [2.45, 2.75) is 31.2 Å². The molecule has 1 aliphatic heterocycles. The Kier molecular flexibility index (Phi) is 4.59. The minimum atomic E-state index is -1.49. The first-order chi connectivity index (χ1) is 10.3. The molecule has 122 valence electrons. The summed E-state index contributed by atoms with van der Waals surface area (Å²) in [6.07, 6.45) is -1.81. The molecule has 9 nitrogen and oxygen atoms in total. The highest BCUT2D eigenvalue weighted by Crippen LogP contribution is 2.34. The lowest BCUT2D eigenvalue weighted by Gasteiger charge is -2.26. The van der Waals surface area contributed by atoms with E-state index >= 15 is 0 Å². The van der Waals surface area contributed by atoms with Crippen molar-refractivity contribution in [2.75, 3.05) is 13.7 Å². The van der Waals surface area contributed by atoms with E-state index in [1.54, 1.807) is 7.05 Å². The number of aromatic nitrogens is 2. The molecule has 2 heterocycles. The van der Waals surface area contributed by atoms with E-state index in [1.165, 1.54) is 11.7 Å². The van der Waals surface area contributed by atoms with Gasteiger partial charge in [-0.1, -0.05) is 0 Å². The van der Waals surface area contributed by atoms with Gasteiger partial charge in [-0.3, -0.25) is 14.8 Å². The van der Waals surface area contributed by atoms with E-state index in [0.717, 1.165) is 11.1 Å². The van der Waals surface area contributed by atoms with Gasteiger partial charge in [0.15, 0.2) is 0 Å². The van der Waals surface area contributed by atoms with Crippen LogP contribution in [0.2, 0.25) is 0 Å². The van der Waals surface area contributed by atoms with Gasteiger partial charge in [-0.05, 0) is 12.8 Å². The Morgan fingerprint density at radius 2 is 2.32 bits per heavy atom. The van der Waals surface area contributed by atoms with Crippen molar-refractivity contribution >= 4 is 11.8 Å². The Labute approximate surface area is 125 Å². The lowest BCUT2D eigenvalue weighted by molar-refractivity contribution is -0.386. The summed E-state index contributed by atoms with van der Waals surface area (Å²) in [6, 6.07) is -0.838. The van der Waals surface area contributed by atoms with Crippen molar-refractivity contribution in [1.29, 1.82) is 0 Å². The highest BCUT2D eigenvalue weighted by atomic mass is 19.1. The van der Waals surface area contributed by atoms with Gasteiger partial charge in [-0.15, -0.1) is 0 Å². The van der Waals surface area contributed by atoms with Gasteiger partial charge >= 0.3 is 11.8 Å². The van der Waals surface area contributed by atoms with Crippen molar-refractivity contribution in [3.05, 3.63) is 22.0 Å². The van der Waals surface area contributed by atoms with Crippen molar-refractivity contribution in [2.24, 2.45) is 7.05 Å². The molecule has 1 saturated heterocycles. The molecule has 22 heavy (non-hydrogen) atoms. The Balaban J connectivity index is 2.22. The third-order valence-corrected chi connectivity index (χ3v) is 3.86. The highest BCUT2D eigenvalue weighted by Gasteiger charge is 2.36. The standard InChI is InChI=1S/C12H17FN4O5/c1-15(12(18)19)8-3-4-10(22-6-7(8)13)11-9(17(20)21)5-14-16(11)2/h5,7-8,10H,3-4,6H2,1-2H3,(H,18,19)/t7-,8-,10+/m1/s1. The van der Waals surface area contributed by atoms with Crippen molar-refractivity contribution < 1.29 is 24.0 Å². The molecule has 0 aromatic carbocycles. The number of carboxylic acid groups (broad SMARTS) is 1. The molecule has 1 N–H and O–H groups in total. The average Bonchev–Trinajstić information content (AvgIpc) is 2.73. The van der Waals surface area contributed by atoms with E-state index in [9.17, 15) is 19.3 Å². The quantitative estimate of drug-likeness (QED) is 0.668. The van der Waals surface area contributed by atoms with Crippen LogP contribution in [0.15, 0.2) is 6.20 Å². The fourth-order valence-corrected chi connectivity index (χ4v) is 2.65. The van der Waals surface area contributed by atoms with Crippen molar-refractivity contribution in [1.82, 2.24) is 14.7 Å². The van der Waals surface area contributed by atoms with Gasteiger partial charge in [0.1, 0.15) is 24.2 Å². The Bertz CT molecular complexity index is 578. The van der Waals surface area contributed by atoms with Crippen LogP contribution in [-0.4, -0.2) is 56.7 Å². The number of nitrogens with zero attached hydrogens (tertiary/aromatic N) is 4. The zero-order chi connectivity index (χ0) is 16.4. The summed E-state index contributed by atoms with van der Waals surface area (Å²) in [7, 11) is 2.84. The number of hydrogen-bond acceptors (Lipinski definition) is 5. The van der Waals surface area contributed by atoms with Crippen LogP contribution in [0, 0.1) is 10.1 Å². The highest BCUT2D eigenvalue weighted by molar-refractivity contribution is 5.65. The number of halogens is 1. The molecule has 1 aromatic heterocycles. The molecule has 3 atom stereocenters. The number of carbonyl (C=O) groups is 1. The molecule has 10 heteroatoms. The van der Waals surface area contributed by atoms with Crippen molar-refractivity contribution in [3.63, 3.8) is 0 Å². The van der Waals surface area contributed by atoms with Gasteiger partial charge in [-0.25, -0.2) is 9.18 Å². The molecular weight excluding hydrogens is 299 g/mol. The predicted molar refractivity (Wildman–Crippen MR) is 72.3 cm³/mol. The summed E-state index contributed by atoms with van der Waals surface area (Å²) in [5.74, 6) is 0. The van der Waals surface area contributed by atoms with E-state index in [4.69, 9.17) is 9.84 Å². The largest absolute Gasteiger partial charge is 0.465 e. The van der Waals surface area contributed by atoms with Gasteiger partial charge in [0.25, 0.3) is 0 Å². The van der Waals surface area contributed by atoms with Crippen LogP contribution in [0.25, 0.3) is 0 Å². The Morgan fingerprint density at radius 1 is 1.64 bits per heavy atom. The summed E-state index contributed by atoms with van der Waals surface area (Å²) < 4.78 is 20.9. The van der Waals surface area contributed by atoms with Crippen LogP contribution in [0.4, 0.5) is 14.9 Å². The van der Waals surface area contributed by atoms with E-state index in [1.807, 2.05) is 0 Å². The number of amides is 1.